The lowest BCUT2D eigenvalue weighted by molar-refractivity contribution is 1.33. The van der Waals surface area contributed by atoms with Gasteiger partial charge >= 0.3 is 0 Å². The van der Waals surface area contributed by atoms with Crippen molar-refractivity contribution >= 4 is 11.1 Å². The molecule has 8 aromatic carbocycles. The maximum atomic E-state index is 4.34. The highest BCUT2D eigenvalue weighted by atomic mass is 14.6. The first-order chi connectivity index (χ1) is 36.7. The normalized spacial score (nSPS) is 11.0. The van der Waals surface area contributed by atoms with Gasteiger partial charge < -0.3 is 0 Å². The topological polar surface area (TPSA) is 51.6 Å². The zero-order valence-corrected chi connectivity index (χ0v) is 40.5. The van der Waals surface area contributed by atoms with Crippen LogP contribution in [0.2, 0.25) is 0 Å². The Morgan fingerprint density at radius 1 is 0.162 bits per heavy atom. The molecule has 0 fully saturated rings. The summed E-state index contributed by atoms with van der Waals surface area (Å²) in [6.45, 7) is 0. The Morgan fingerprint density at radius 2 is 0.311 bits per heavy atom. The highest BCUT2D eigenvalue weighted by molar-refractivity contribution is 6.05. The zero-order chi connectivity index (χ0) is 49.5. The van der Waals surface area contributed by atoms with Crippen molar-refractivity contribution in [3.05, 3.63) is 314 Å². The molecule has 74 heavy (non-hydrogen) atoms. The average Bonchev–Trinajstić information content (AvgIpc) is 3.50. The fourth-order valence-electron chi connectivity index (χ4n) is 9.78. The van der Waals surface area contributed by atoms with E-state index in [1.807, 2.05) is 73.8 Å². The van der Waals surface area contributed by atoms with E-state index in [1.54, 1.807) is 0 Å². The van der Waals surface area contributed by atoms with Crippen LogP contribution in [0.4, 0.5) is 0 Å². The van der Waals surface area contributed by atoms with E-state index in [1.165, 1.54) is 0 Å². The summed E-state index contributed by atoms with van der Waals surface area (Å²) in [6.07, 6.45) is 14.9. The van der Waals surface area contributed by atoms with Gasteiger partial charge in [-0.25, -0.2) is 0 Å². The molecule has 0 bridgehead atoms. The molecule has 0 N–H and O–H groups in total. The third kappa shape index (κ3) is 9.76. The van der Waals surface area contributed by atoms with E-state index >= 15 is 0 Å². The first-order valence-corrected chi connectivity index (χ1v) is 24.9. The van der Waals surface area contributed by atoms with Crippen molar-refractivity contribution in [3.8, 4) is 89.0 Å². The Kier molecular flexibility index (Phi) is 12.7. The number of hydrogen-bond acceptors (Lipinski definition) is 4. The predicted molar refractivity (Wildman–Crippen MR) is 305 cm³/mol. The molecule has 0 aliphatic rings. The van der Waals surface area contributed by atoms with Gasteiger partial charge in [-0.3, -0.25) is 19.9 Å². The minimum atomic E-state index is 1.10. The second kappa shape index (κ2) is 20.8. The van der Waals surface area contributed by atoms with Crippen LogP contribution in [0.25, 0.3) is 100 Å². The highest BCUT2D eigenvalue weighted by Crippen LogP contribution is 2.40. The van der Waals surface area contributed by atoms with Crippen LogP contribution < -0.4 is 0 Å². The molecule has 12 rings (SSSR count). The van der Waals surface area contributed by atoms with Gasteiger partial charge in [0.2, 0.25) is 0 Å². The van der Waals surface area contributed by atoms with E-state index in [2.05, 4.69) is 238 Å². The number of nitrogens with zero attached hydrogens (tertiary/aromatic N) is 4. The first kappa shape index (κ1) is 45.3. The molecular weight excluding hydrogens is 897 g/mol. The summed E-state index contributed by atoms with van der Waals surface area (Å²) < 4.78 is 0. The Morgan fingerprint density at radius 3 is 0.459 bits per heavy atom. The summed E-state index contributed by atoms with van der Waals surface area (Å²) in [5, 5.41) is 0. The fourth-order valence-corrected chi connectivity index (χ4v) is 9.78. The van der Waals surface area contributed by atoms with Crippen molar-refractivity contribution in [1.29, 1.82) is 0 Å². The van der Waals surface area contributed by atoms with Gasteiger partial charge in [0.05, 0.1) is 0 Å². The van der Waals surface area contributed by atoms with Gasteiger partial charge in [-0.05, 0) is 147 Å². The summed E-state index contributed by atoms with van der Waals surface area (Å²) in [7, 11) is 0. The minimum absolute atomic E-state index is 1.10. The van der Waals surface area contributed by atoms with E-state index in [-0.39, 0.29) is 0 Å². The lowest BCUT2D eigenvalue weighted by Gasteiger charge is -2.20. The Bertz CT molecular complexity index is 3290. The van der Waals surface area contributed by atoms with Crippen LogP contribution >= 0.6 is 0 Å². The third-order valence-corrected chi connectivity index (χ3v) is 13.8. The summed E-state index contributed by atoms with van der Waals surface area (Å²) in [6, 6.07) is 87.5. The molecule has 0 saturated heterocycles. The van der Waals surface area contributed by atoms with Gasteiger partial charge in [-0.15, -0.1) is 0 Å². The second-order valence-corrected chi connectivity index (χ2v) is 18.3. The van der Waals surface area contributed by atoms with Gasteiger partial charge in [0.1, 0.15) is 0 Å². The molecule has 12 aromatic rings. The number of hydrogen-bond donors (Lipinski definition) is 0. The van der Waals surface area contributed by atoms with Crippen molar-refractivity contribution in [2.75, 3.05) is 0 Å². The van der Waals surface area contributed by atoms with Crippen LogP contribution in [-0.4, -0.2) is 19.9 Å². The molecule has 348 valence electrons. The summed E-state index contributed by atoms with van der Waals surface area (Å²) in [5.41, 5.74) is 24.9. The Balaban J connectivity index is 0.967. The van der Waals surface area contributed by atoms with E-state index < -0.39 is 0 Å². The molecule has 4 aromatic heterocycles. The number of aromatic nitrogens is 4. The van der Waals surface area contributed by atoms with Gasteiger partial charge in [-0.2, -0.15) is 0 Å². The fraction of sp³-hybridized carbons (Fsp3) is 0. The van der Waals surface area contributed by atoms with Crippen LogP contribution in [0.1, 0.15) is 22.3 Å². The smallest absolute Gasteiger partial charge is 0.0346 e. The van der Waals surface area contributed by atoms with E-state index in [9.17, 15) is 0 Å². The molecule has 0 atom stereocenters. The average molecular weight is 945 g/mol. The molecule has 0 unspecified atom stereocenters. The molecule has 0 amide bonds. The predicted octanol–water partition coefficient (Wildman–Crippen LogP) is 17.6. The first-order valence-electron chi connectivity index (χ1n) is 24.9. The maximum Gasteiger partial charge on any atom is 0.0346 e. The van der Waals surface area contributed by atoms with Crippen LogP contribution in [0.15, 0.2) is 292 Å². The molecule has 0 aliphatic carbocycles. The maximum absolute atomic E-state index is 4.34. The van der Waals surface area contributed by atoms with E-state index in [4.69, 9.17) is 0 Å². The summed E-state index contributed by atoms with van der Waals surface area (Å²) >= 11 is 0. The van der Waals surface area contributed by atoms with Gasteiger partial charge in [-0.1, -0.05) is 218 Å². The quantitative estimate of drug-likeness (QED) is 0.115. The Hall–Kier alpha value is -9.90. The molecule has 0 radical (unpaired) electrons. The molecule has 0 saturated carbocycles. The Labute approximate surface area is 432 Å². The highest BCUT2D eigenvalue weighted by Gasteiger charge is 2.18. The minimum Gasteiger partial charge on any atom is -0.264 e. The molecule has 4 heterocycles. The molecule has 0 spiro atoms. The van der Waals surface area contributed by atoms with Gasteiger partial charge in [0.15, 0.2) is 0 Å². The van der Waals surface area contributed by atoms with Crippen LogP contribution in [0.5, 0.6) is 0 Å². The molecule has 0 aliphatic heterocycles. The van der Waals surface area contributed by atoms with Crippen LogP contribution in [0, 0.1) is 0 Å². The third-order valence-electron chi connectivity index (χ3n) is 13.8. The van der Waals surface area contributed by atoms with Gasteiger partial charge in [0, 0.05) is 49.6 Å². The monoisotopic (exact) mass is 944 g/mol. The standard InChI is InChI=1S/C70H48N4/c1-5-65(45-71-41-1)57-17-9-49(10-18-57)53-25-33-61(34-26-53)69(62-35-27-54(28-36-62)50-11-19-58(20-12-50)66-6-2-42-72-46-66)70(63-37-29-55(30-38-63)51-13-21-59(22-14-51)67-7-3-43-73-47-67)64-39-31-56(32-40-64)52-15-23-60(24-16-52)68-8-4-44-74-48-68/h1-48H. The zero-order valence-electron chi connectivity index (χ0n) is 40.5. The number of pyridine rings is 4. The van der Waals surface area contributed by atoms with Crippen molar-refractivity contribution in [2.24, 2.45) is 0 Å². The number of rotatable bonds is 12. The van der Waals surface area contributed by atoms with Crippen molar-refractivity contribution in [1.82, 2.24) is 19.9 Å². The van der Waals surface area contributed by atoms with Crippen LogP contribution in [-0.2, 0) is 0 Å². The largest absolute Gasteiger partial charge is 0.264 e. The van der Waals surface area contributed by atoms with Crippen molar-refractivity contribution < 1.29 is 0 Å². The molecule has 4 heteroatoms. The van der Waals surface area contributed by atoms with E-state index in [0.29, 0.717) is 0 Å². The van der Waals surface area contributed by atoms with Crippen LogP contribution in [0.3, 0.4) is 0 Å². The van der Waals surface area contributed by atoms with Crippen molar-refractivity contribution in [2.45, 2.75) is 0 Å². The molecule has 4 nitrogen and oxygen atoms in total. The summed E-state index contributed by atoms with van der Waals surface area (Å²) in [4.78, 5) is 17.3. The SMILES string of the molecule is c1cncc(-c2ccc(-c3ccc(C(=C(c4ccc(-c5ccc(-c6cccnc6)cc5)cc4)c4ccc(-c5ccc(-c6cccnc6)cc5)cc4)c4ccc(-c5ccc(-c6cccnc6)cc5)cc4)cc3)cc2)c1. The lowest BCUT2D eigenvalue weighted by atomic mass is 9.84. The second-order valence-electron chi connectivity index (χ2n) is 18.3. The molecular formula is C70H48N4. The summed E-state index contributed by atoms with van der Waals surface area (Å²) in [5.74, 6) is 0. The van der Waals surface area contributed by atoms with Crippen molar-refractivity contribution in [3.63, 3.8) is 0 Å². The number of benzene rings is 8. The van der Waals surface area contributed by atoms with Gasteiger partial charge in [0.25, 0.3) is 0 Å². The lowest BCUT2D eigenvalue weighted by Crippen LogP contribution is -1.98. The van der Waals surface area contributed by atoms with E-state index in [0.717, 1.165) is 122 Å².